The summed E-state index contributed by atoms with van der Waals surface area (Å²) in [5.74, 6) is 6.90. The topological polar surface area (TPSA) is 46.3 Å². The van der Waals surface area contributed by atoms with Crippen molar-refractivity contribution >= 4 is 5.91 Å². The number of hydrogen-bond donors (Lipinski definition) is 1. The number of carbonyl (C=O) groups excluding carboxylic acids is 1. The van der Waals surface area contributed by atoms with Gasteiger partial charge in [-0.2, -0.15) is 0 Å². The highest BCUT2D eigenvalue weighted by molar-refractivity contribution is 5.81. The van der Waals surface area contributed by atoms with Gasteiger partial charge in [-0.25, -0.2) is 0 Å². The zero-order valence-corrected chi connectivity index (χ0v) is 11.5. The molecule has 19 heavy (non-hydrogen) atoms. The van der Waals surface area contributed by atoms with Crippen molar-refractivity contribution in [1.82, 2.24) is 4.90 Å². The van der Waals surface area contributed by atoms with E-state index in [-0.39, 0.29) is 11.8 Å². The summed E-state index contributed by atoms with van der Waals surface area (Å²) in [5, 5.41) is 0. The Morgan fingerprint density at radius 2 is 2.26 bits per heavy atom. The summed E-state index contributed by atoms with van der Waals surface area (Å²) >= 11 is 0. The second-order valence-electron chi connectivity index (χ2n) is 5.22. The number of benzene rings is 1. The molecular formula is C16H20N2O. The van der Waals surface area contributed by atoms with Gasteiger partial charge >= 0.3 is 0 Å². The van der Waals surface area contributed by atoms with Crippen LogP contribution >= 0.6 is 0 Å². The van der Waals surface area contributed by atoms with E-state index in [1.165, 1.54) is 0 Å². The Morgan fingerprint density at radius 3 is 2.89 bits per heavy atom. The van der Waals surface area contributed by atoms with Crippen LogP contribution in [0.5, 0.6) is 0 Å². The molecule has 0 aromatic heterocycles. The number of rotatable bonds is 3. The lowest BCUT2D eigenvalue weighted by atomic mass is 10.1. The molecule has 2 rings (SSSR count). The van der Waals surface area contributed by atoms with Crippen molar-refractivity contribution in [3.05, 3.63) is 35.4 Å². The normalized spacial score (nSPS) is 20.4. The van der Waals surface area contributed by atoms with Crippen molar-refractivity contribution in [3.8, 4) is 11.8 Å². The van der Waals surface area contributed by atoms with Crippen molar-refractivity contribution in [2.75, 3.05) is 13.6 Å². The van der Waals surface area contributed by atoms with Crippen LogP contribution in [0.1, 0.15) is 24.5 Å². The van der Waals surface area contributed by atoms with Crippen LogP contribution in [0.4, 0.5) is 0 Å². The van der Waals surface area contributed by atoms with E-state index in [9.17, 15) is 4.79 Å². The molecule has 2 N–H and O–H groups in total. The third-order valence-electron chi connectivity index (χ3n) is 3.48. The number of carbonyl (C=O) groups is 1. The van der Waals surface area contributed by atoms with Gasteiger partial charge < -0.3 is 10.6 Å². The summed E-state index contributed by atoms with van der Waals surface area (Å²) in [4.78, 5) is 13.9. The second-order valence-corrected chi connectivity index (χ2v) is 5.22. The summed E-state index contributed by atoms with van der Waals surface area (Å²) in [6.45, 7) is 3.13. The van der Waals surface area contributed by atoms with Crippen LogP contribution in [-0.2, 0) is 11.3 Å². The standard InChI is InChI=1S/C16H20N2O/c1-12-9-15(12)16(19)18(2)11-14-6-3-5-13(10-14)7-4-8-17/h3,5-6,10,12,15H,8-9,11,17H2,1-2H3. The first-order valence-electron chi connectivity index (χ1n) is 6.64. The van der Waals surface area contributed by atoms with Crippen molar-refractivity contribution in [3.63, 3.8) is 0 Å². The molecule has 0 saturated heterocycles. The molecule has 1 fully saturated rings. The highest BCUT2D eigenvalue weighted by Gasteiger charge is 2.40. The van der Waals surface area contributed by atoms with Crippen LogP contribution in [-0.4, -0.2) is 24.4 Å². The number of hydrogen-bond acceptors (Lipinski definition) is 2. The van der Waals surface area contributed by atoms with E-state index in [4.69, 9.17) is 5.73 Å². The van der Waals surface area contributed by atoms with Crippen LogP contribution in [0.2, 0.25) is 0 Å². The Kier molecular flexibility index (Phi) is 4.24. The van der Waals surface area contributed by atoms with Crippen LogP contribution < -0.4 is 5.73 Å². The van der Waals surface area contributed by atoms with Gasteiger partial charge in [0.1, 0.15) is 0 Å². The van der Waals surface area contributed by atoms with Gasteiger partial charge in [-0.3, -0.25) is 4.79 Å². The quantitative estimate of drug-likeness (QED) is 0.835. The molecule has 1 aliphatic rings. The molecule has 1 amide bonds. The van der Waals surface area contributed by atoms with Crippen molar-refractivity contribution < 1.29 is 4.79 Å². The smallest absolute Gasteiger partial charge is 0.226 e. The summed E-state index contributed by atoms with van der Waals surface area (Å²) < 4.78 is 0. The monoisotopic (exact) mass is 256 g/mol. The minimum absolute atomic E-state index is 0.241. The molecule has 0 heterocycles. The molecule has 0 aliphatic heterocycles. The Morgan fingerprint density at radius 1 is 1.53 bits per heavy atom. The summed E-state index contributed by atoms with van der Waals surface area (Å²) in [6.07, 6.45) is 1.03. The van der Waals surface area contributed by atoms with Crippen LogP contribution in [0, 0.1) is 23.7 Å². The molecule has 1 aromatic rings. The molecule has 1 aliphatic carbocycles. The van der Waals surface area contributed by atoms with Gasteiger partial charge in [0.05, 0.1) is 6.54 Å². The average Bonchev–Trinajstić information content (AvgIpc) is 3.13. The van der Waals surface area contributed by atoms with E-state index < -0.39 is 0 Å². The van der Waals surface area contributed by atoms with E-state index in [2.05, 4.69) is 18.8 Å². The van der Waals surface area contributed by atoms with E-state index in [0.717, 1.165) is 17.5 Å². The fourth-order valence-corrected chi connectivity index (χ4v) is 2.20. The first kappa shape index (κ1) is 13.6. The fourth-order valence-electron chi connectivity index (χ4n) is 2.20. The third-order valence-corrected chi connectivity index (χ3v) is 3.48. The molecule has 2 unspecified atom stereocenters. The lowest BCUT2D eigenvalue weighted by Gasteiger charge is -2.17. The molecule has 2 atom stereocenters. The SMILES string of the molecule is CC1CC1C(=O)N(C)Cc1cccc(C#CCN)c1. The van der Waals surface area contributed by atoms with Gasteiger partial charge in [-0.1, -0.05) is 30.9 Å². The number of amides is 1. The molecule has 1 saturated carbocycles. The molecular weight excluding hydrogens is 236 g/mol. The minimum Gasteiger partial charge on any atom is -0.341 e. The Labute approximate surface area is 114 Å². The van der Waals surface area contributed by atoms with Gasteiger partial charge in [0.15, 0.2) is 0 Å². The predicted molar refractivity (Wildman–Crippen MR) is 76.1 cm³/mol. The van der Waals surface area contributed by atoms with Gasteiger partial charge in [0.2, 0.25) is 5.91 Å². The first-order chi connectivity index (χ1) is 9.11. The Balaban J connectivity index is 2.00. The lowest BCUT2D eigenvalue weighted by Crippen LogP contribution is -2.28. The lowest BCUT2D eigenvalue weighted by molar-refractivity contribution is -0.132. The van der Waals surface area contributed by atoms with E-state index in [1.807, 2.05) is 36.2 Å². The second kappa shape index (κ2) is 5.90. The predicted octanol–water partition coefficient (Wildman–Crippen LogP) is 1.61. The maximum atomic E-state index is 12.1. The van der Waals surface area contributed by atoms with Gasteiger partial charge in [-0.05, 0) is 30.0 Å². The number of nitrogens with zero attached hydrogens (tertiary/aromatic N) is 1. The highest BCUT2D eigenvalue weighted by atomic mass is 16.2. The minimum atomic E-state index is 0.241. The van der Waals surface area contributed by atoms with Crippen LogP contribution in [0.3, 0.4) is 0 Å². The van der Waals surface area contributed by atoms with Crippen LogP contribution in [0.15, 0.2) is 24.3 Å². The summed E-state index contributed by atoms with van der Waals surface area (Å²) in [6, 6.07) is 7.96. The molecule has 100 valence electrons. The fraction of sp³-hybridized carbons (Fsp3) is 0.438. The third kappa shape index (κ3) is 3.59. The molecule has 3 heteroatoms. The highest BCUT2D eigenvalue weighted by Crippen LogP contribution is 2.39. The van der Waals surface area contributed by atoms with Crippen LogP contribution in [0.25, 0.3) is 0 Å². The first-order valence-corrected chi connectivity index (χ1v) is 6.64. The molecule has 0 spiro atoms. The van der Waals surface area contributed by atoms with Crippen molar-refractivity contribution in [1.29, 1.82) is 0 Å². The molecule has 0 bridgehead atoms. The molecule has 1 aromatic carbocycles. The Bertz CT molecular complexity index is 527. The van der Waals surface area contributed by atoms with Crippen molar-refractivity contribution in [2.24, 2.45) is 17.6 Å². The van der Waals surface area contributed by atoms with E-state index >= 15 is 0 Å². The number of nitrogens with two attached hydrogens (primary N) is 1. The zero-order chi connectivity index (χ0) is 13.8. The van der Waals surface area contributed by atoms with Crippen molar-refractivity contribution in [2.45, 2.75) is 19.9 Å². The summed E-state index contributed by atoms with van der Waals surface area (Å²) in [7, 11) is 1.87. The van der Waals surface area contributed by atoms with Gasteiger partial charge in [0.25, 0.3) is 0 Å². The largest absolute Gasteiger partial charge is 0.341 e. The zero-order valence-electron chi connectivity index (χ0n) is 11.5. The van der Waals surface area contributed by atoms with Gasteiger partial charge in [0, 0.05) is 25.1 Å². The van der Waals surface area contributed by atoms with E-state index in [0.29, 0.717) is 19.0 Å². The molecule has 3 nitrogen and oxygen atoms in total. The summed E-state index contributed by atoms with van der Waals surface area (Å²) in [5.41, 5.74) is 7.41. The maximum Gasteiger partial charge on any atom is 0.226 e. The Hall–Kier alpha value is -1.79. The van der Waals surface area contributed by atoms with E-state index in [1.54, 1.807) is 0 Å². The maximum absolute atomic E-state index is 12.1. The average molecular weight is 256 g/mol. The van der Waals surface area contributed by atoms with Gasteiger partial charge in [-0.15, -0.1) is 0 Å². The molecule has 0 radical (unpaired) electrons.